The summed E-state index contributed by atoms with van der Waals surface area (Å²) in [6.45, 7) is 4.36. The zero-order chi connectivity index (χ0) is 11.6. The van der Waals surface area contributed by atoms with Crippen LogP contribution in [0.5, 0.6) is 0 Å². The van der Waals surface area contributed by atoms with E-state index in [0.29, 0.717) is 0 Å². The highest BCUT2D eigenvalue weighted by molar-refractivity contribution is 8.93. The van der Waals surface area contributed by atoms with Crippen molar-refractivity contribution >= 4 is 26.9 Å². The summed E-state index contributed by atoms with van der Waals surface area (Å²) in [6.07, 6.45) is 2.64. The van der Waals surface area contributed by atoms with Gasteiger partial charge in [0.25, 0.3) is 0 Å². The molecule has 0 aliphatic heterocycles. The van der Waals surface area contributed by atoms with Gasteiger partial charge in [-0.25, -0.2) is 0 Å². The largest absolute Gasteiger partial charge is 0.153 e. The lowest BCUT2D eigenvalue weighted by atomic mass is 10.1. The van der Waals surface area contributed by atoms with E-state index in [-0.39, 0.29) is 26.9 Å². The molecule has 0 aliphatic rings. The molecule has 18 heavy (non-hydrogen) atoms. The van der Waals surface area contributed by atoms with Crippen molar-refractivity contribution < 1.29 is 0 Å². The van der Waals surface area contributed by atoms with Crippen LogP contribution in [0.3, 0.4) is 0 Å². The third-order valence-corrected chi connectivity index (χ3v) is 2.38. The van der Waals surface area contributed by atoms with Crippen LogP contribution >= 0.6 is 26.9 Å². The van der Waals surface area contributed by atoms with Gasteiger partial charge in [-0.2, -0.15) is 9.90 Å². The van der Waals surface area contributed by atoms with Crippen molar-refractivity contribution in [2.45, 2.75) is 26.7 Å². The van der Waals surface area contributed by atoms with Gasteiger partial charge in [0.2, 0.25) is 0 Å². The molecule has 1 unspecified atom stereocenters. The summed E-state index contributed by atoms with van der Waals surface area (Å²) in [4.78, 5) is 0. The van der Waals surface area contributed by atoms with E-state index in [2.05, 4.69) is 62.4 Å². The molecular formula is C16H24BrP. The van der Waals surface area contributed by atoms with Crippen LogP contribution in [0.15, 0.2) is 60.7 Å². The summed E-state index contributed by atoms with van der Waals surface area (Å²) in [6, 6.07) is 20.8. The van der Waals surface area contributed by atoms with E-state index in [0.717, 1.165) is 0 Å². The highest BCUT2D eigenvalue weighted by Gasteiger charge is 1.91. The maximum atomic E-state index is 2.18. The first kappa shape index (κ1) is 19.7. The highest BCUT2D eigenvalue weighted by atomic mass is 79.9. The Labute approximate surface area is 125 Å². The maximum Gasteiger partial charge on any atom is -0.0184 e. The van der Waals surface area contributed by atoms with Gasteiger partial charge in [0.15, 0.2) is 0 Å². The van der Waals surface area contributed by atoms with Crippen LogP contribution in [-0.4, -0.2) is 0 Å². The highest BCUT2D eigenvalue weighted by Crippen LogP contribution is 2.17. The molecule has 1 atom stereocenters. The van der Waals surface area contributed by atoms with Crippen LogP contribution in [0, 0.1) is 0 Å². The monoisotopic (exact) mass is 326 g/mol. The average molecular weight is 327 g/mol. The second kappa shape index (κ2) is 12.8. The first-order valence-electron chi connectivity index (χ1n) is 5.99. The number of benzene rings is 2. The molecule has 0 saturated carbocycles. The van der Waals surface area contributed by atoms with E-state index < -0.39 is 0 Å². The Morgan fingerprint density at radius 2 is 0.889 bits per heavy atom. The molecule has 2 rings (SSSR count). The smallest absolute Gasteiger partial charge is 0.0184 e. The fraction of sp³-hybridized carbons (Fsp3) is 0.250. The molecule has 0 aromatic heterocycles. The van der Waals surface area contributed by atoms with Crippen LogP contribution < -0.4 is 0 Å². The SMILES string of the molecule is Br.CCCC.P.c1ccc(-c2ccccc2)cc1. The third kappa shape index (κ3) is 7.63. The fourth-order valence-electron chi connectivity index (χ4n) is 1.26. The van der Waals surface area contributed by atoms with E-state index in [1.54, 1.807) is 0 Å². The standard InChI is InChI=1S/C12H10.C4H10.BrH.H3P/c1-3-7-11(8-4-1)12-9-5-2-6-10-12;1-3-4-2;;/h1-10H;3-4H2,1-2H3;1H;1H3. The first-order valence-corrected chi connectivity index (χ1v) is 5.99. The number of hydrogen-bond donors (Lipinski definition) is 0. The lowest BCUT2D eigenvalue weighted by molar-refractivity contribution is 0.886. The molecule has 0 nitrogen and oxygen atoms in total. The molecule has 0 radical (unpaired) electrons. The molecular weight excluding hydrogens is 303 g/mol. The van der Waals surface area contributed by atoms with Crippen LogP contribution in [-0.2, 0) is 0 Å². The minimum Gasteiger partial charge on any atom is -0.153 e. The average Bonchev–Trinajstić information content (AvgIpc) is 2.41. The molecule has 0 fully saturated rings. The molecule has 100 valence electrons. The predicted octanol–water partition coefficient (Wildman–Crippen LogP) is 5.80. The molecule has 0 heterocycles. The molecule has 0 N–H and O–H groups in total. The fourth-order valence-corrected chi connectivity index (χ4v) is 1.26. The zero-order valence-corrected chi connectivity index (χ0v) is 14.4. The van der Waals surface area contributed by atoms with Crippen molar-refractivity contribution in [3.63, 3.8) is 0 Å². The predicted molar refractivity (Wildman–Crippen MR) is 93.9 cm³/mol. The lowest BCUT2D eigenvalue weighted by Gasteiger charge is -1.98. The number of unbranched alkanes of at least 4 members (excludes halogenated alkanes) is 1. The quantitative estimate of drug-likeness (QED) is 0.612. The minimum absolute atomic E-state index is 0. The second-order valence-electron chi connectivity index (χ2n) is 3.73. The van der Waals surface area contributed by atoms with Crippen molar-refractivity contribution in [3.05, 3.63) is 60.7 Å². The summed E-state index contributed by atoms with van der Waals surface area (Å²) < 4.78 is 0. The van der Waals surface area contributed by atoms with Crippen molar-refractivity contribution in [2.75, 3.05) is 0 Å². The summed E-state index contributed by atoms with van der Waals surface area (Å²) >= 11 is 0. The van der Waals surface area contributed by atoms with E-state index in [9.17, 15) is 0 Å². The Morgan fingerprint density at radius 1 is 0.611 bits per heavy atom. The van der Waals surface area contributed by atoms with Crippen LogP contribution in [0.2, 0.25) is 0 Å². The molecule has 0 saturated heterocycles. The first-order chi connectivity index (χ1) is 7.88. The molecule has 2 aromatic rings. The zero-order valence-electron chi connectivity index (χ0n) is 11.3. The van der Waals surface area contributed by atoms with E-state index in [1.165, 1.54) is 24.0 Å². The Balaban J connectivity index is 0. The number of rotatable bonds is 2. The van der Waals surface area contributed by atoms with Gasteiger partial charge in [0.1, 0.15) is 0 Å². The van der Waals surface area contributed by atoms with Gasteiger partial charge >= 0.3 is 0 Å². The number of halogens is 1. The van der Waals surface area contributed by atoms with Gasteiger partial charge < -0.3 is 0 Å². The van der Waals surface area contributed by atoms with Gasteiger partial charge in [-0.1, -0.05) is 87.4 Å². The van der Waals surface area contributed by atoms with Crippen molar-refractivity contribution in [3.8, 4) is 11.1 Å². The molecule has 2 aromatic carbocycles. The summed E-state index contributed by atoms with van der Waals surface area (Å²) in [5, 5.41) is 0. The normalized spacial score (nSPS) is 8.11. The van der Waals surface area contributed by atoms with Crippen molar-refractivity contribution in [2.24, 2.45) is 0 Å². The van der Waals surface area contributed by atoms with E-state index in [1.807, 2.05) is 12.1 Å². The Kier molecular flexibility index (Phi) is 14.0. The summed E-state index contributed by atoms with van der Waals surface area (Å²) in [5.41, 5.74) is 2.55. The summed E-state index contributed by atoms with van der Waals surface area (Å²) in [5.74, 6) is 0. The third-order valence-electron chi connectivity index (χ3n) is 2.38. The maximum absolute atomic E-state index is 2.18. The molecule has 0 bridgehead atoms. The lowest BCUT2D eigenvalue weighted by Crippen LogP contribution is -1.73. The van der Waals surface area contributed by atoms with Crippen molar-refractivity contribution in [1.29, 1.82) is 0 Å². The topological polar surface area (TPSA) is 0 Å². The minimum atomic E-state index is 0. The Bertz CT molecular complexity index is 333. The molecule has 0 aliphatic carbocycles. The van der Waals surface area contributed by atoms with Gasteiger partial charge in [0, 0.05) is 0 Å². The molecule has 0 spiro atoms. The second-order valence-corrected chi connectivity index (χ2v) is 3.73. The van der Waals surface area contributed by atoms with E-state index in [4.69, 9.17) is 0 Å². The van der Waals surface area contributed by atoms with Crippen LogP contribution in [0.25, 0.3) is 11.1 Å². The van der Waals surface area contributed by atoms with Gasteiger partial charge in [0.05, 0.1) is 0 Å². The van der Waals surface area contributed by atoms with Crippen molar-refractivity contribution in [1.82, 2.24) is 0 Å². The Morgan fingerprint density at radius 3 is 1.11 bits per heavy atom. The van der Waals surface area contributed by atoms with Gasteiger partial charge in [-0.05, 0) is 11.1 Å². The van der Waals surface area contributed by atoms with Gasteiger partial charge in [-0.15, -0.1) is 17.0 Å². The summed E-state index contributed by atoms with van der Waals surface area (Å²) in [7, 11) is 0. The van der Waals surface area contributed by atoms with Crippen LogP contribution in [0.4, 0.5) is 0 Å². The number of hydrogen-bond acceptors (Lipinski definition) is 0. The molecule has 0 amide bonds. The van der Waals surface area contributed by atoms with Crippen LogP contribution in [0.1, 0.15) is 26.7 Å². The Hall–Kier alpha value is -0.650. The van der Waals surface area contributed by atoms with E-state index >= 15 is 0 Å². The molecule has 2 heteroatoms. The van der Waals surface area contributed by atoms with Gasteiger partial charge in [-0.3, -0.25) is 0 Å².